The van der Waals surface area contributed by atoms with Crippen LogP contribution in [-0.2, 0) is 0 Å². The van der Waals surface area contributed by atoms with Crippen LogP contribution in [0, 0.1) is 5.92 Å². The van der Waals surface area contributed by atoms with Gasteiger partial charge in [-0.05, 0) is 31.4 Å². The molecule has 9 heteroatoms. The highest BCUT2D eigenvalue weighted by Gasteiger charge is 2.67. The molecular formula is C17H17F3N4OS. The maximum absolute atomic E-state index is 13.9. The standard InChI is InChI=1S/C17H17F3N4OS/c18-17(19,20)16(25)12-6-2-1-3-7-13(12)23-24(16)15-22-14(10-26-15)11-5-4-8-21-9-11/h4-5,8-10,12,25H,1-3,6-7H2. The van der Waals surface area contributed by atoms with Gasteiger partial charge in [0.05, 0.1) is 11.6 Å². The van der Waals surface area contributed by atoms with E-state index < -0.39 is 17.8 Å². The number of pyridine rings is 1. The molecule has 2 unspecified atom stereocenters. The molecule has 1 aliphatic heterocycles. The maximum atomic E-state index is 13.9. The third kappa shape index (κ3) is 2.69. The van der Waals surface area contributed by atoms with E-state index >= 15 is 0 Å². The van der Waals surface area contributed by atoms with Gasteiger partial charge in [-0.3, -0.25) is 4.98 Å². The van der Waals surface area contributed by atoms with Crippen LogP contribution in [-0.4, -0.2) is 32.7 Å². The summed E-state index contributed by atoms with van der Waals surface area (Å²) in [6.07, 6.45) is 1.39. The van der Waals surface area contributed by atoms with Crippen LogP contribution in [0.2, 0.25) is 0 Å². The second-order valence-electron chi connectivity index (χ2n) is 6.54. The summed E-state index contributed by atoms with van der Waals surface area (Å²) in [6.45, 7) is 0. The lowest BCUT2D eigenvalue weighted by Crippen LogP contribution is -2.60. The van der Waals surface area contributed by atoms with Crippen molar-refractivity contribution < 1.29 is 18.3 Å². The Hall–Kier alpha value is -2.00. The molecule has 2 aliphatic rings. The average Bonchev–Trinajstić information content (AvgIpc) is 3.12. The molecule has 5 nitrogen and oxygen atoms in total. The third-order valence-corrected chi connectivity index (χ3v) is 5.73. The van der Waals surface area contributed by atoms with Crippen molar-refractivity contribution in [2.75, 3.05) is 5.01 Å². The van der Waals surface area contributed by atoms with E-state index in [-0.39, 0.29) is 11.6 Å². The highest BCUT2D eigenvalue weighted by molar-refractivity contribution is 7.14. The molecule has 0 aromatic carbocycles. The molecule has 2 aromatic heterocycles. The molecule has 0 radical (unpaired) electrons. The highest BCUT2D eigenvalue weighted by atomic mass is 32.1. The van der Waals surface area contributed by atoms with Gasteiger partial charge in [0.1, 0.15) is 0 Å². The lowest BCUT2D eigenvalue weighted by atomic mass is 9.87. The first-order valence-corrected chi connectivity index (χ1v) is 9.32. The molecule has 0 bridgehead atoms. The van der Waals surface area contributed by atoms with Gasteiger partial charge >= 0.3 is 6.18 Å². The first kappa shape index (κ1) is 17.4. The molecule has 1 saturated carbocycles. The van der Waals surface area contributed by atoms with Crippen molar-refractivity contribution in [3.05, 3.63) is 29.9 Å². The summed E-state index contributed by atoms with van der Waals surface area (Å²) in [5, 5.41) is 17.3. The Bertz CT molecular complexity index is 823. The number of nitrogens with zero attached hydrogens (tertiary/aromatic N) is 4. The van der Waals surface area contributed by atoms with Crippen molar-refractivity contribution in [2.45, 2.75) is 44.0 Å². The van der Waals surface area contributed by atoms with Gasteiger partial charge in [-0.15, -0.1) is 11.3 Å². The highest BCUT2D eigenvalue weighted by Crippen LogP contribution is 2.49. The van der Waals surface area contributed by atoms with Crippen molar-refractivity contribution in [2.24, 2.45) is 11.0 Å². The molecular weight excluding hydrogens is 365 g/mol. The zero-order valence-corrected chi connectivity index (χ0v) is 14.6. The molecule has 2 atom stereocenters. The zero-order chi connectivity index (χ0) is 18.4. The number of hydrogen-bond donors (Lipinski definition) is 1. The van der Waals surface area contributed by atoms with E-state index in [0.29, 0.717) is 34.8 Å². The summed E-state index contributed by atoms with van der Waals surface area (Å²) in [7, 11) is 0. The van der Waals surface area contributed by atoms with Crippen LogP contribution in [0.25, 0.3) is 11.3 Å². The lowest BCUT2D eigenvalue weighted by molar-refractivity contribution is -0.268. The minimum absolute atomic E-state index is 0.0317. The molecule has 1 fully saturated rings. The van der Waals surface area contributed by atoms with E-state index in [0.717, 1.165) is 24.2 Å². The quantitative estimate of drug-likeness (QED) is 0.845. The number of alkyl halides is 3. The van der Waals surface area contributed by atoms with Crippen molar-refractivity contribution in [1.29, 1.82) is 0 Å². The summed E-state index contributed by atoms with van der Waals surface area (Å²) in [4.78, 5) is 8.29. The maximum Gasteiger partial charge on any atom is 0.439 e. The van der Waals surface area contributed by atoms with E-state index in [1.807, 2.05) is 0 Å². The number of fused-ring (bicyclic) bond motifs is 1. The average molecular weight is 382 g/mol. The third-order valence-electron chi connectivity index (χ3n) is 4.91. The second kappa shape index (κ2) is 6.31. The van der Waals surface area contributed by atoms with Gasteiger partial charge in [0.25, 0.3) is 5.72 Å². The number of hydrogen-bond acceptors (Lipinski definition) is 6. The van der Waals surface area contributed by atoms with Crippen molar-refractivity contribution in [3.63, 3.8) is 0 Å². The van der Waals surface area contributed by atoms with Crippen LogP contribution in [0.4, 0.5) is 18.3 Å². The number of anilines is 1. The second-order valence-corrected chi connectivity index (χ2v) is 7.37. The molecule has 4 rings (SSSR count). The van der Waals surface area contributed by atoms with E-state index in [9.17, 15) is 18.3 Å². The summed E-state index contributed by atoms with van der Waals surface area (Å²) in [5.41, 5.74) is -1.42. The lowest BCUT2D eigenvalue weighted by Gasteiger charge is -2.37. The Balaban J connectivity index is 1.76. The first-order chi connectivity index (χ1) is 12.4. The molecule has 138 valence electrons. The Morgan fingerprint density at radius 2 is 2.12 bits per heavy atom. The number of aromatic nitrogens is 2. The van der Waals surface area contributed by atoms with Gasteiger partial charge < -0.3 is 5.11 Å². The minimum atomic E-state index is -4.84. The van der Waals surface area contributed by atoms with E-state index in [1.54, 1.807) is 29.9 Å². The van der Waals surface area contributed by atoms with Crippen LogP contribution in [0.1, 0.15) is 32.1 Å². The van der Waals surface area contributed by atoms with Gasteiger partial charge in [-0.2, -0.15) is 23.3 Å². The van der Waals surface area contributed by atoms with Gasteiger partial charge in [0.15, 0.2) is 0 Å². The summed E-state index contributed by atoms with van der Waals surface area (Å²) >= 11 is 1.03. The van der Waals surface area contributed by atoms with Crippen LogP contribution in [0.5, 0.6) is 0 Å². The van der Waals surface area contributed by atoms with Crippen LogP contribution < -0.4 is 5.01 Å². The monoisotopic (exact) mass is 382 g/mol. The summed E-state index contributed by atoms with van der Waals surface area (Å²) in [6, 6.07) is 3.51. The minimum Gasteiger partial charge on any atom is -0.362 e. The van der Waals surface area contributed by atoms with Gasteiger partial charge in [0.2, 0.25) is 5.13 Å². The fraction of sp³-hybridized carbons (Fsp3) is 0.471. The Kier molecular flexibility index (Phi) is 4.23. The van der Waals surface area contributed by atoms with Crippen molar-refractivity contribution in [1.82, 2.24) is 9.97 Å². The number of thiazole rings is 1. The van der Waals surface area contributed by atoms with Crippen molar-refractivity contribution >= 4 is 22.2 Å². The molecule has 0 spiro atoms. The van der Waals surface area contributed by atoms with Crippen LogP contribution >= 0.6 is 11.3 Å². The van der Waals surface area contributed by atoms with Crippen LogP contribution in [0.15, 0.2) is 35.0 Å². The fourth-order valence-corrected chi connectivity index (χ4v) is 4.43. The largest absolute Gasteiger partial charge is 0.439 e. The van der Waals surface area contributed by atoms with Gasteiger partial charge in [-0.25, -0.2) is 4.98 Å². The van der Waals surface area contributed by atoms with Crippen LogP contribution in [0.3, 0.4) is 0 Å². The molecule has 26 heavy (non-hydrogen) atoms. The topological polar surface area (TPSA) is 61.6 Å². The molecule has 1 aliphatic carbocycles. The molecule has 3 heterocycles. The predicted octanol–water partition coefficient (Wildman–Crippen LogP) is 4.21. The SMILES string of the molecule is OC1(C(F)(F)F)C2CCCCCC2=NN1c1nc(-c2cccnc2)cs1. The molecule has 1 N–H and O–H groups in total. The summed E-state index contributed by atoms with van der Waals surface area (Å²) < 4.78 is 41.7. The molecule has 2 aromatic rings. The number of aliphatic hydroxyl groups is 1. The van der Waals surface area contributed by atoms with Gasteiger partial charge in [0, 0.05) is 29.0 Å². The summed E-state index contributed by atoms with van der Waals surface area (Å²) in [5.74, 6) is -1.05. The van der Waals surface area contributed by atoms with Gasteiger partial charge in [-0.1, -0.05) is 12.8 Å². The number of halogens is 3. The zero-order valence-electron chi connectivity index (χ0n) is 13.8. The Labute approximate surface area is 152 Å². The Morgan fingerprint density at radius 3 is 2.85 bits per heavy atom. The van der Waals surface area contributed by atoms with E-state index in [4.69, 9.17) is 0 Å². The van der Waals surface area contributed by atoms with Crippen molar-refractivity contribution in [3.8, 4) is 11.3 Å². The predicted molar refractivity (Wildman–Crippen MR) is 92.8 cm³/mol. The van der Waals surface area contributed by atoms with E-state index in [1.165, 1.54) is 0 Å². The number of hydrazone groups is 1. The fourth-order valence-electron chi connectivity index (χ4n) is 3.59. The molecule has 0 amide bonds. The Morgan fingerprint density at radius 1 is 1.27 bits per heavy atom. The normalized spacial score (nSPS) is 26.4. The molecule has 0 saturated heterocycles. The van der Waals surface area contributed by atoms with E-state index in [2.05, 4.69) is 15.1 Å². The smallest absolute Gasteiger partial charge is 0.362 e. The first-order valence-electron chi connectivity index (χ1n) is 8.44. The number of rotatable bonds is 2.